The Hall–Kier alpha value is -2.93. The molecule has 2 aliphatic rings. The van der Waals surface area contributed by atoms with E-state index in [4.69, 9.17) is 21.7 Å². The summed E-state index contributed by atoms with van der Waals surface area (Å²) in [6, 6.07) is 4.19. The van der Waals surface area contributed by atoms with Crippen molar-refractivity contribution in [2.24, 2.45) is 0 Å². The maximum Gasteiger partial charge on any atom is 0.229 e. The van der Waals surface area contributed by atoms with Gasteiger partial charge in [0.05, 0.1) is 35.5 Å². The van der Waals surface area contributed by atoms with E-state index in [0.29, 0.717) is 5.92 Å². The van der Waals surface area contributed by atoms with Gasteiger partial charge in [-0.1, -0.05) is 11.6 Å². The lowest BCUT2D eigenvalue weighted by atomic mass is 9.85. The molecule has 1 aliphatic carbocycles. The first-order chi connectivity index (χ1) is 20.3. The van der Waals surface area contributed by atoms with Gasteiger partial charge >= 0.3 is 0 Å². The van der Waals surface area contributed by atoms with E-state index >= 15 is 0 Å². The second kappa shape index (κ2) is 13.4. The van der Waals surface area contributed by atoms with Crippen LogP contribution in [0.15, 0.2) is 30.2 Å². The van der Waals surface area contributed by atoms with Crippen LogP contribution < -0.4 is 20.7 Å². The van der Waals surface area contributed by atoms with Gasteiger partial charge in [-0.15, -0.1) is 0 Å². The van der Waals surface area contributed by atoms with E-state index in [1.54, 1.807) is 7.05 Å². The van der Waals surface area contributed by atoms with Crippen molar-refractivity contribution < 1.29 is 18.3 Å². The summed E-state index contributed by atoms with van der Waals surface area (Å²) in [5.41, 5.74) is 2.89. The van der Waals surface area contributed by atoms with E-state index in [0.717, 1.165) is 55.8 Å². The number of aromatic nitrogens is 2. The van der Waals surface area contributed by atoms with Crippen LogP contribution in [-0.2, 0) is 9.84 Å². The Labute approximate surface area is 259 Å². The summed E-state index contributed by atoms with van der Waals surface area (Å²) in [5.74, 6) is 1.51. The van der Waals surface area contributed by atoms with Crippen molar-refractivity contribution in [1.29, 1.82) is 5.41 Å². The summed E-state index contributed by atoms with van der Waals surface area (Å²) >= 11 is 6.39. The number of piperidine rings is 1. The quantitative estimate of drug-likeness (QED) is 0.160. The molecule has 1 aromatic heterocycles. The summed E-state index contributed by atoms with van der Waals surface area (Å²) in [5, 5.41) is 25.9. The lowest BCUT2D eigenvalue weighted by Gasteiger charge is -2.42. The van der Waals surface area contributed by atoms with Crippen molar-refractivity contribution in [2.75, 3.05) is 37.4 Å². The Morgan fingerprint density at radius 3 is 2.51 bits per heavy atom. The van der Waals surface area contributed by atoms with Crippen LogP contribution in [0.4, 0.5) is 17.5 Å². The molecule has 0 spiro atoms. The average molecular weight is 634 g/mol. The maximum atomic E-state index is 12.7. The maximum absolute atomic E-state index is 12.7. The third kappa shape index (κ3) is 7.78. The van der Waals surface area contributed by atoms with Gasteiger partial charge in [0, 0.05) is 18.8 Å². The third-order valence-electron chi connectivity index (χ3n) is 8.05. The zero-order valence-electron chi connectivity index (χ0n) is 25.8. The first-order valence-corrected chi connectivity index (χ1v) is 16.6. The summed E-state index contributed by atoms with van der Waals surface area (Å²) in [6.07, 6.45) is 6.99. The lowest BCUT2D eigenvalue weighted by molar-refractivity contribution is 0.0378. The predicted molar refractivity (Wildman–Crippen MR) is 172 cm³/mol. The number of likely N-dealkylation sites (tertiary alicyclic amines) is 1. The first-order valence-electron chi connectivity index (χ1n) is 14.7. The van der Waals surface area contributed by atoms with E-state index in [9.17, 15) is 13.5 Å². The number of nitrogens with zero attached hydrogens (tertiary/aromatic N) is 3. The molecule has 0 radical (unpaired) electrons. The van der Waals surface area contributed by atoms with Gasteiger partial charge in [0.25, 0.3) is 0 Å². The van der Waals surface area contributed by atoms with E-state index in [-0.39, 0.29) is 40.7 Å². The molecule has 1 saturated carbocycles. The molecule has 1 aromatic carbocycles. The number of rotatable bonds is 12. The van der Waals surface area contributed by atoms with Gasteiger partial charge in [-0.25, -0.2) is 13.4 Å². The van der Waals surface area contributed by atoms with Crippen LogP contribution in [0.1, 0.15) is 70.4 Å². The fourth-order valence-electron chi connectivity index (χ4n) is 5.05. The highest BCUT2D eigenvalue weighted by Gasteiger charge is 2.32. The Bertz CT molecular complexity index is 1470. The molecule has 5 N–H and O–H groups in total. The van der Waals surface area contributed by atoms with Crippen molar-refractivity contribution in [2.45, 2.75) is 83.1 Å². The Balaban J connectivity index is 1.58. The molecule has 2 heterocycles. The van der Waals surface area contributed by atoms with Gasteiger partial charge in [0.15, 0.2) is 20.7 Å². The molecule has 43 heavy (non-hydrogen) atoms. The minimum absolute atomic E-state index is 0.00845. The fourth-order valence-corrected chi connectivity index (χ4v) is 6.08. The van der Waals surface area contributed by atoms with Gasteiger partial charge < -0.3 is 25.8 Å². The molecule has 11 nitrogen and oxygen atoms in total. The summed E-state index contributed by atoms with van der Waals surface area (Å²) in [6.45, 7) is 11.3. The van der Waals surface area contributed by atoms with E-state index in [2.05, 4.69) is 63.7 Å². The van der Waals surface area contributed by atoms with Crippen molar-refractivity contribution in [3.63, 3.8) is 0 Å². The number of benzene rings is 1. The number of anilines is 3. The zero-order chi connectivity index (χ0) is 31.5. The number of ether oxygens (including phenoxy) is 1. The first kappa shape index (κ1) is 33.0. The molecule has 0 atom stereocenters. The molecule has 2 fully saturated rings. The summed E-state index contributed by atoms with van der Waals surface area (Å²) in [7, 11) is -2.24. The molecule has 1 saturated heterocycles. The van der Waals surface area contributed by atoms with E-state index in [1.807, 2.05) is 0 Å². The number of sulfone groups is 1. The third-order valence-corrected chi connectivity index (χ3v) is 10.4. The summed E-state index contributed by atoms with van der Waals surface area (Å²) < 4.78 is 31.7. The molecular weight excluding hydrogens is 590 g/mol. The minimum Gasteiger partial charge on any atom is -0.488 e. The molecule has 0 bridgehead atoms. The van der Waals surface area contributed by atoms with Gasteiger partial charge in [0.2, 0.25) is 5.95 Å². The Kier molecular flexibility index (Phi) is 10.3. The number of aliphatic hydroxyl groups excluding tert-OH is 1. The SMILES string of the molecule is CN/C=C(/Nc1nc(Nc2cc(C)c(C3CCN(C(C)(C)CO)CC3)cc2OC2CC2)ncc1Cl)C(=N)S(=O)(=O)C(C)C. The number of aliphatic hydroxyl groups is 1. The number of hydrogen-bond acceptors (Lipinski definition) is 11. The standard InChI is InChI=1S/C30H44ClN7O4S/c1-18(2)43(40,41)27(32)25(16-33-6)35-28-23(31)15-34-29(37-28)36-24-13-19(3)22(14-26(24)42-21-7-8-21)20-9-11-38(12-10-20)30(4,5)17-39/h13-16,18,20-21,32-33,39H,7-12,17H2,1-6H3,(H2,34,35,36,37)/b25-16+,32-27?. The normalized spacial score (nSPS) is 17.2. The fraction of sp³-hybridized carbons (Fsp3) is 0.567. The van der Waals surface area contributed by atoms with Gasteiger partial charge in [-0.2, -0.15) is 4.98 Å². The van der Waals surface area contributed by atoms with Crippen LogP contribution in [0.5, 0.6) is 5.75 Å². The van der Waals surface area contributed by atoms with Crippen LogP contribution >= 0.6 is 11.6 Å². The highest BCUT2D eigenvalue weighted by Crippen LogP contribution is 2.40. The zero-order valence-corrected chi connectivity index (χ0v) is 27.4. The Morgan fingerprint density at radius 1 is 1.26 bits per heavy atom. The second-order valence-electron chi connectivity index (χ2n) is 12.2. The Morgan fingerprint density at radius 2 is 1.93 bits per heavy atom. The van der Waals surface area contributed by atoms with Crippen LogP contribution in [0, 0.1) is 12.3 Å². The molecule has 1 aliphatic heterocycles. The smallest absolute Gasteiger partial charge is 0.229 e. The van der Waals surface area contributed by atoms with Gasteiger partial charge in [-0.05, 0) is 103 Å². The molecule has 0 amide bonds. The van der Waals surface area contributed by atoms with Crippen LogP contribution in [0.25, 0.3) is 0 Å². The van der Waals surface area contributed by atoms with Crippen LogP contribution in [0.2, 0.25) is 5.02 Å². The van der Waals surface area contributed by atoms with Crippen LogP contribution in [-0.4, -0.2) is 77.1 Å². The number of nitrogens with one attached hydrogen (secondary N) is 4. The topological polar surface area (TPSA) is 153 Å². The highest BCUT2D eigenvalue weighted by molar-refractivity contribution is 8.07. The van der Waals surface area contributed by atoms with Crippen molar-refractivity contribution in [3.05, 3.63) is 46.4 Å². The van der Waals surface area contributed by atoms with Crippen molar-refractivity contribution in [1.82, 2.24) is 20.2 Å². The van der Waals surface area contributed by atoms with Gasteiger partial charge in [-0.3, -0.25) is 10.3 Å². The number of hydrogen-bond donors (Lipinski definition) is 5. The lowest BCUT2D eigenvalue weighted by Crippen LogP contribution is -2.50. The number of aryl methyl sites for hydroxylation is 1. The molecule has 0 unspecified atom stereocenters. The largest absolute Gasteiger partial charge is 0.488 e. The molecule has 2 aromatic rings. The van der Waals surface area contributed by atoms with E-state index < -0.39 is 20.1 Å². The molecule has 13 heteroatoms. The van der Waals surface area contributed by atoms with Crippen LogP contribution in [0.3, 0.4) is 0 Å². The predicted octanol–water partition coefficient (Wildman–Crippen LogP) is 4.95. The second-order valence-corrected chi connectivity index (χ2v) is 15.0. The van der Waals surface area contributed by atoms with Crippen molar-refractivity contribution >= 4 is 43.9 Å². The molecular formula is C30H44ClN7O4S. The molecule has 4 rings (SSSR count). The minimum atomic E-state index is -3.85. The van der Waals surface area contributed by atoms with Crippen molar-refractivity contribution in [3.8, 4) is 5.75 Å². The number of halogens is 1. The van der Waals surface area contributed by atoms with E-state index in [1.165, 1.54) is 31.8 Å². The highest BCUT2D eigenvalue weighted by atomic mass is 35.5. The average Bonchev–Trinajstić information content (AvgIpc) is 3.79. The monoisotopic (exact) mass is 633 g/mol. The summed E-state index contributed by atoms with van der Waals surface area (Å²) in [4.78, 5) is 11.2. The van der Waals surface area contributed by atoms with Gasteiger partial charge in [0.1, 0.15) is 10.8 Å². The molecule has 236 valence electrons.